The van der Waals surface area contributed by atoms with E-state index in [9.17, 15) is 14.4 Å². The van der Waals surface area contributed by atoms with E-state index in [1.807, 2.05) is 0 Å². The third-order valence-corrected chi connectivity index (χ3v) is 4.31. The number of hydrogen-bond donors (Lipinski definition) is 1. The zero-order valence-corrected chi connectivity index (χ0v) is 16.0. The first kappa shape index (κ1) is 20.5. The molecule has 27 heavy (non-hydrogen) atoms. The van der Waals surface area contributed by atoms with Crippen LogP contribution in [0.4, 0.5) is 5.82 Å². The molecular weight excluding hydrogens is 372 g/mol. The third kappa shape index (κ3) is 6.45. The number of ketones is 1. The highest BCUT2D eigenvalue weighted by Gasteiger charge is 2.20. The summed E-state index contributed by atoms with van der Waals surface area (Å²) in [4.78, 5) is 35.9. The summed E-state index contributed by atoms with van der Waals surface area (Å²) < 4.78 is 15.0. The van der Waals surface area contributed by atoms with Crippen molar-refractivity contribution in [3.05, 3.63) is 41.7 Å². The number of nitrogens with zero attached hydrogens (tertiary/aromatic N) is 1. The molecule has 0 unspecified atom stereocenters. The summed E-state index contributed by atoms with van der Waals surface area (Å²) in [6.45, 7) is 3.22. The Morgan fingerprint density at radius 1 is 1.22 bits per heavy atom. The first-order valence-corrected chi connectivity index (χ1v) is 9.23. The Balaban J connectivity index is 1.72. The number of amides is 1. The van der Waals surface area contributed by atoms with Crippen molar-refractivity contribution in [1.82, 2.24) is 5.16 Å². The van der Waals surface area contributed by atoms with Crippen LogP contribution < -0.4 is 10.1 Å². The van der Waals surface area contributed by atoms with E-state index in [0.717, 1.165) is 11.8 Å². The third-order valence-electron chi connectivity index (χ3n) is 3.40. The maximum absolute atomic E-state index is 12.3. The van der Waals surface area contributed by atoms with Crippen LogP contribution in [0.25, 0.3) is 0 Å². The number of aryl methyl sites for hydroxylation is 1. The monoisotopic (exact) mass is 392 g/mol. The average molecular weight is 392 g/mol. The number of thioether (sulfide) groups is 1. The molecule has 1 aromatic carbocycles. The van der Waals surface area contributed by atoms with Crippen molar-refractivity contribution in [1.29, 1.82) is 0 Å². The average Bonchev–Trinajstić information content (AvgIpc) is 3.05. The Hall–Kier alpha value is -2.81. The summed E-state index contributed by atoms with van der Waals surface area (Å²) in [5.41, 5.74) is 0.422. The molecule has 0 aliphatic rings. The lowest BCUT2D eigenvalue weighted by Gasteiger charge is -2.12. The van der Waals surface area contributed by atoms with Crippen LogP contribution in [0.2, 0.25) is 0 Å². The molecule has 1 amide bonds. The number of rotatable bonds is 9. The molecule has 1 aromatic heterocycles. The molecule has 1 N–H and O–H groups in total. The molecule has 144 valence electrons. The minimum absolute atomic E-state index is 0.0435. The van der Waals surface area contributed by atoms with Crippen molar-refractivity contribution >= 4 is 35.2 Å². The lowest BCUT2D eigenvalue weighted by molar-refractivity contribution is -0.143. The van der Waals surface area contributed by atoms with Gasteiger partial charge in [0, 0.05) is 11.6 Å². The summed E-state index contributed by atoms with van der Waals surface area (Å²) in [6.07, 6.45) is -0.918. The van der Waals surface area contributed by atoms with E-state index in [0.29, 0.717) is 22.9 Å². The van der Waals surface area contributed by atoms with Gasteiger partial charge in [0.25, 0.3) is 0 Å². The fourth-order valence-corrected chi connectivity index (χ4v) is 2.70. The van der Waals surface area contributed by atoms with Gasteiger partial charge in [-0.3, -0.25) is 14.4 Å². The van der Waals surface area contributed by atoms with Crippen molar-refractivity contribution in [2.24, 2.45) is 0 Å². The van der Waals surface area contributed by atoms with Gasteiger partial charge in [-0.2, -0.15) is 0 Å². The molecule has 0 aliphatic carbocycles. The van der Waals surface area contributed by atoms with E-state index in [-0.39, 0.29) is 23.2 Å². The molecule has 0 aliphatic heterocycles. The van der Waals surface area contributed by atoms with Gasteiger partial charge in [0.1, 0.15) is 11.5 Å². The van der Waals surface area contributed by atoms with Crippen LogP contribution in [-0.2, 0) is 14.3 Å². The zero-order chi connectivity index (χ0) is 19.8. The van der Waals surface area contributed by atoms with Crippen molar-refractivity contribution in [2.75, 3.05) is 23.9 Å². The van der Waals surface area contributed by atoms with Crippen molar-refractivity contribution in [3.8, 4) is 5.75 Å². The lowest BCUT2D eigenvalue weighted by atomic mass is 10.1. The normalized spacial score (nSPS) is 11.5. The maximum Gasteiger partial charge on any atom is 0.316 e. The number of aromatic nitrogens is 1. The molecule has 2 rings (SSSR count). The van der Waals surface area contributed by atoms with Gasteiger partial charge in [-0.25, -0.2) is 0 Å². The summed E-state index contributed by atoms with van der Waals surface area (Å²) in [7, 11) is 1.53. The molecule has 0 spiro atoms. The van der Waals surface area contributed by atoms with E-state index in [2.05, 4.69) is 10.5 Å². The number of methoxy groups -OCH3 is 1. The summed E-state index contributed by atoms with van der Waals surface area (Å²) >= 11 is 1.08. The Bertz CT molecular complexity index is 802. The van der Waals surface area contributed by atoms with Gasteiger partial charge in [0.15, 0.2) is 11.9 Å². The molecule has 1 atom stereocenters. The van der Waals surface area contributed by atoms with Crippen molar-refractivity contribution in [2.45, 2.75) is 20.0 Å². The molecule has 1 heterocycles. The topological polar surface area (TPSA) is 108 Å². The zero-order valence-electron chi connectivity index (χ0n) is 15.2. The van der Waals surface area contributed by atoms with Gasteiger partial charge < -0.3 is 19.3 Å². The standard InChI is InChI=1S/C18H20N2O6S/c1-11-8-15(20-26-11)19-16(21)9-27-10-17(22)25-12(2)18(23)13-4-6-14(24-3)7-5-13/h4-8,12H,9-10H2,1-3H3,(H,19,20,21)/t12-/m0/s1. The number of carbonyl (C=O) groups excluding carboxylic acids is 3. The largest absolute Gasteiger partial charge is 0.497 e. The quantitative estimate of drug-likeness (QED) is 0.512. The molecule has 0 radical (unpaired) electrons. The van der Waals surface area contributed by atoms with E-state index >= 15 is 0 Å². The molecule has 0 saturated heterocycles. The second-order valence-corrected chi connectivity index (χ2v) is 6.57. The number of benzene rings is 1. The second-order valence-electron chi connectivity index (χ2n) is 5.59. The minimum Gasteiger partial charge on any atom is -0.497 e. The van der Waals surface area contributed by atoms with Crippen LogP contribution in [0.1, 0.15) is 23.0 Å². The highest BCUT2D eigenvalue weighted by Crippen LogP contribution is 2.14. The van der Waals surface area contributed by atoms with E-state index in [4.69, 9.17) is 14.0 Å². The van der Waals surface area contributed by atoms with Crippen LogP contribution in [0.15, 0.2) is 34.9 Å². The number of Topliss-reactive ketones (excluding diaryl/α,β-unsaturated/α-hetero) is 1. The number of esters is 1. The fraction of sp³-hybridized carbons (Fsp3) is 0.333. The smallest absolute Gasteiger partial charge is 0.316 e. The summed E-state index contributed by atoms with van der Waals surface area (Å²) in [6, 6.07) is 8.12. The number of ether oxygens (including phenoxy) is 2. The van der Waals surface area contributed by atoms with Crippen LogP contribution in [0, 0.1) is 6.92 Å². The second kappa shape index (κ2) is 9.77. The predicted molar refractivity (Wildman–Crippen MR) is 100 cm³/mol. The van der Waals surface area contributed by atoms with Gasteiger partial charge in [0.05, 0.1) is 18.6 Å². The van der Waals surface area contributed by atoms with E-state index in [1.165, 1.54) is 14.0 Å². The van der Waals surface area contributed by atoms with Gasteiger partial charge in [-0.05, 0) is 38.1 Å². The Kier molecular flexibility index (Phi) is 7.42. The van der Waals surface area contributed by atoms with Crippen LogP contribution in [0.3, 0.4) is 0 Å². The van der Waals surface area contributed by atoms with Gasteiger partial charge in [-0.1, -0.05) is 5.16 Å². The van der Waals surface area contributed by atoms with E-state index in [1.54, 1.807) is 37.3 Å². The van der Waals surface area contributed by atoms with Crippen LogP contribution >= 0.6 is 11.8 Å². The Morgan fingerprint density at radius 2 is 1.93 bits per heavy atom. The van der Waals surface area contributed by atoms with E-state index < -0.39 is 12.1 Å². The van der Waals surface area contributed by atoms with Gasteiger partial charge >= 0.3 is 5.97 Å². The molecule has 8 nitrogen and oxygen atoms in total. The molecule has 2 aromatic rings. The highest BCUT2D eigenvalue weighted by atomic mass is 32.2. The first-order valence-electron chi connectivity index (χ1n) is 8.07. The molecular formula is C18H20N2O6S. The van der Waals surface area contributed by atoms with Gasteiger partial charge in [-0.15, -0.1) is 11.8 Å². The number of anilines is 1. The number of nitrogens with one attached hydrogen (secondary N) is 1. The first-order chi connectivity index (χ1) is 12.9. The SMILES string of the molecule is COc1ccc(C(=O)[C@H](C)OC(=O)CSCC(=O)Nc2cc(C)on2)cc1. The molecule has 0 bridgehead atoms. The minimum atomic E-state index is -0.918. The molecule has 0 saturated carbocycles. The van der Waals surface area contributed by atoms with Crippen LogP contribution in [-0.4, -0.2) is 47.5 Å². The summed E-state index contributed by atoms with van der Waals surface area (Å²) in [5, 5.41) is 6.19. The Labute approximate surface area is 160 Å². The Morgan fingerprint density at radius 3 is 2.52 bits per heavy atom. The maximum atomic E-state index is 12.3. The van der Waals surface area contributed by atoms with Crippen LogP contribution in [0.5, 0.6) is 5.75 Å². The highest BCUT2D eigenvalue weighted by molar-refractivity contribution is 8.00. The van der Waals surface area contributed by atoms with Crippen molar-refractivity contribution in [3.63, 3.8) is 0 Å². The van der Waals surface area contributed by atoms with Crippen molar-refractivity contribution < 1.29 is 28.4 Å². The predicted octanol–water partition coefficient (Wildman–Crippen LogP) is 2.48. The molecule has 0 fully saturated rings. The van der Waals surface area contributed by atoms with Gasteiger partial charge in [0.2, 0.25) is 11.7 Å². The molecule has 9 heteroatoms. The summed E-state index contributed by atoms with van der Waals surface area (Å²) in [5.74, 6) is 0.328. The lowest BCUT2D eigenvalue weighted by Crippen LogP contribution is -2.25. The number of carbonyl (C=O) groups is 3. The number of hydrogen-bond acceptors (Lipinski definition) is 8. The fourth-order valence-electron chi connectivity index (χ4n) is 2.11.